The van der Waals surface area contributed by atoms with Gasteiger partial charge in [0.05, 0.1) is 22.2 Å². The number of nitrogens with zero attached hydrogens (tertiary/aromatic N) is 3. The molecular formula is C17H20ClN5O10S2. The number of amides is 1. The Balaban J connectivity index is 2.60. The fraction of sp³-hybridized carbons (Fsp3) is 0.353. The second-order valence-electron chi connectivity index (χ2n) is 6.79. The Morgan fingerprint density at radius 3 is 2.54 bits per heavy atom. The minimum atomic E-state index is -4.57. The van der Waals surface area contributed by atoms with Crippen molar-refractivity contribution in [2.24, 2.45) is 7.05 Å². The van der Waals surface area contributed by atoms with Crippen LogP contribution in [0.4, 0.5) is 11.4 Å². The van der Waals surface area contributed by atoms with Gasteiger partial charge in [-0.05, 0) is 18.2 Å². The highest BCUT2D eigenvalue weighted by atomic mass is 35.5. The van der Waals surface area contributed by atoms with Crippen molar-refractivity contribution < 1.29 is 36.1 Å². The second-order valence-corrected chi connectivity index (χ2v) is 9.47. The highest BCUT2D eigenvalue weighted by Crippen LogP contribution is 2.27. The molecule has 15 nitrogen and oxygen atoms in total. The predicted molar refractivity (Wildman–Crippen MR) is 124 cm³/mol. The van der Waals surface area contributed by atoms with Crippen LogP contribution in [0.1, 0.15) is 25.3 Å². The van der Waals surface area contributed by atoms with Gasteiger partial charge in [0.1, 0.15) is 0 Å². The first-order valence-corrected chi connectivity index (χ1v) is 12.6. The molecule has 0 saturated heterocycles. The van der Waals surface area contributed by atoms with Crippen LogP contribution in [0.3, 0.4) is 0 Å². The molecule has 35 heavy (non-hydrogen) atoms. The average molecular weight is 554 g/mol. The molecule has 0 aliphatic heterocycles. The summed E-state index contributed by atoms with van der Waals surface area (Å²) < 4.78 is 59.8. The van der Waals surface area contributed by atoms with E-state index in [-0.39, 0.29) is 22.8 Å². The van der Waals surface area contributed by atoms with Gasteiger partial charge in [-0.25, -0.2) is 18.4 Å². The minimum absolute atomic E-state index is 0.0334. The molecule has 0 aliphatic carbocycles. The van der Waals surface area contributed by atoms with Crippen molar-refractivity contribution in [2.75, 3.05) is 15.8 Å². The largest absolute Gasteiger partial charge is 0.444 e. The number of ether oxygens (including phenoxy) is 1. The first-order chi connectivity index (χ1) is 16.2. The third kappa shape index (κ3) is 7.69. The Morgan fingerprint density at radius 1 is 1.31 bits per heavy atom. The van der Waals surface area contributed by atoms with Crippen LogP contribution in [0.25, 0.3) is 0 Å². The molecule has 0 saturated carbocycles. The topological polar surface area (TPSA) is 216 Å². The lowest BCUT2D eigenvalue weighted by atomic mass is 10.2. The van der Waals surface area contributed by atoms with Crippen molar-refractivity contribution in [3.63, 3.8) is 0 Å². The van der Waals surface area contributed by atoms with Crippen LogP contribution < -0.4 is 21.4 Å². The standard InChI is InChI=1S/C17H20ClN5O10S2/c1-3-12(24)33-13(15(25)19-11-8-9(21-34(28)29)4-5-10(11)18)14-20-16(26)22(2)17(27)23(14)6-7-35(30,31)32/h4-5,8,13,21H,3,6-7H2,1-2H3,(H,19,25)(H,28,29)(H,30,31,32). The maximum absolute atomic E-state index is 13.1. The maximum atomic E-state index is 13.1. The molecule has 2 aromatic rings. The number of aromatic nitrogens is 3. The molecule has 0 spiro atoms. The Morgan fingerprint density at radius 2 is 1.97 bits per heavy atom. The highest BCUT2D eigenvalue weighted by Gasteiger charge is 2.31. The second kappa shape index (κ2) is 11.5. The van der Waals surface area contributed by atoms with Gasteiger partial charge >= 0.3 is 17.3 Å². The van der Waals surface area contributed by atoms with Gasteiger partial charge in [0.15, 0.2) is 5.82 Å². The first-order valence-electron chi connectivity index (χ1n) is 9.53. The molecule has 2 atom stereocenters. The van der Waals surface area contributed by atoms with Crippen molar-refractivity contribution in [2.45, 2.75) is 26.0 Å². The SMILES string of the molecule is CCC(=O)OC(C(=O)Nc1cc(NS(=O)O)ccc1Cl)c1nc(=O)n(C)c(=O)n1CCS(=O)(=O)O. The number of hydrogen-bond acceptors (Lipinski definition) is 9. The number of carbonyl (C=O) groups excluding carboxylic acids is 2. The lowest BCUT2D eigenvalue weighted by Gasteiger charge is -2.21. The molecule has 0 radical (unpaired) electrons. The van der Waals surface area contributed by atoms with Gasteiger partial charge in [-0.1, -0.05) is 18.5 Å². The molecule has 2 unspecified atom stereocenters. The van der Waals surface area contributed by atoms with Gasteiger partial charge < -0.3 is 10.1 Å². The molecule has 1 amide bonds. The quantitative estimate of drug-likeness (QED) is 0.169. The molecule has 1 aromatic carbocycles. The maximum Gasteiger partial charge on any atom is 0.353 e. The van der Waals surface area contributed by atoms with Gasteiger partial charge in [0.25, 0.3) is 27.3 Å². The molecule has 0 aliphatic rings. The van der Waals surface area contributed by atoms with E-state index in [4.69, 9.17) is 25.4 Å². The number of halogens is 1. The monoisotopic (exact) mass is 553 g/mol. The first kappa shape index (κ1) is 28.1. The molecule has 192 valence electrons. The Bertz CT molecular complexity index is 1390. The van der Waals surface area contributed by atoms with E-state index < -0.39 is 68.9 Å². The highest BCUT2D eigenvalue weighted by molar-refractivity contribution is 7.85. The summed E-state index contributed by atoms with van der Waals surface area (Å²) in [6, 6.07) is 3.78. The zero-order valence-corrected chi connectivity index (χ0v) is 20.5. The van der Waals surface area contributed by atoms with Gasteiger partial charge in [-0.3, -0.25) is 28.0 Å². The van der Waals surface area contributed by atoms with Gasteiger partial charge in [-0.2, -0.15) is 13.4 Å². The van der Waals surface area contributed by atoms with E-state index in [0.717, 1.165) is 7.05 Å². The fourth-order valence-corrected chi connectivity index (χ4v) is 3.54. The van der Waals surface area contributed by atoms with Crippen LogP contribution in [-0.4, -0.2) is 53.5 Å². The molecule has 1 aromatic heterocycles. The number of carbonyl (C=O) groups is 2. The summed E-state index contributed by atoms with van der Waals surface area (Å²) in [7, 11) is -3.53. The summed E-state index contributed by atoms with van der Waals surface area (Å²) >= 11 is 3.61. The summed E-state index contributed by atoms with van der Waals surface area (Å²) in [5, 5.41) is 2.27. The summed E-state index contributed by atoms with van der Waals surface area (Å²) in [5.74, 6) is -3.76. The van der Waals surface area contributed by atoms with Crippen LogP contribution in [0.2, 0.25) is 5.02 Å². The van der Waals surface area contributed by atoms with Gasteiger partial charge in [0.2, 0.25) is 6.10 Å². The smallest absolute Gasteiger partial charge is 0.353 e. The Labute approximate surface area is 205 Å². The normalized spacial score (nSPS) is 13.1. The van der Waals surface area contributed by atoms with E-state index in [1.54, 1.807) is 0 Å². The molecule has 4 N–H and O–H groups in total. The lowest BCUT2D eigenvalue weighted by molar-refractivity contribution is -0.155. The zero-order chi connectivity index (χ0) is 26.5. The van der Waals surface area contributed by atoms with Gasteiger partial charge in [0, 0.05) is 20.0 Å². The number of anilines is 2. The van der Waals surface area contributed by atoms with Crippen LogP contribution >= 0.6 is 11.6 Å². The predicted octanol–water partition coefficient (Wildman–Crippen LogP) is -0.335. The van der Waals surface area contributed by atoms with E-state index in [9.17, 15) is 31.8 Å². The molecule has 18 heteroatoms. The minimum Gasteiger partial charge on any atom is -0.444 e. The Hall–Kier alpha value is -3.12. The van der Waals surface area contributed by atoms with E-state index >= 15 is 0 Å². The van der Waals surface area contributed by atoms with Crippen molar-refractivity contribution in [1.29, 1.82) is 0 Å². The van der Waals surface area contributed by atoms with E-state index in [2.05, 4.69) is 15.0 Å². The average Bonchev–Trinajstić information content (AvgIpc) is 2.76. The van der Waals surface area contributed by atoms with E-state index in [1.807, 2.05) is 0 Å². The third-order valence-corrected chi connectivity index (χ3v) is 5.74. The number of rotatable bonds is 10. The molecule has 2 rings (SSSR count). The fourth-order valence-electron chi connectivity index (χ4n) is 2.63. The zero-order valence-electron chi connectivity index (χ0n) is 18.1. The van der Waals surface area contributed by atoms with Crippen LogP contribution in [0.15, 0.2) is 27.8 Å². The molecular weight excluding hydrogens is 534 g/mol. The summed E-state index contributed by atoms with van der Waals surface area (Å²) in [6.45, 7) is 0.672. The van der Waals surface area contributed by atoms with Crippen LogP contribution in [0, 0.1) is 0 Å². The van der Waals surface area contributed by atoms with Crippen molar-refractivity contribution in [3.8, 4) is 0 Å². The Kier molecular flexibility index (Phi) is 9.27. The number of benzene rings is 1. The molecule has 0 fully saturated rings. The van der Waals surface area contributed by atoms with Gasteiger partial charge in [-0.15, -0.1) is 0 Å². The van der Waals surface area contributed by atoms with Crippen molar-refractivity contribution in [3.05, 3.63) is 50.0 Å². The number of nitrogens with one attached hydrogen (secondary N) is 2. The summed E-state index contributed by atoms with van der Waals surface area (Å²) in [6.07, 6.45) is -2.24. The van der Waals surface area contributed by atoms with E-state index in [0.29, 0.717) is 9.13 Å². The van der Waals surface area contributed by atoms with E-state index in [1.165, 1.54) is 25.1 Å². The summed E-state index contributed by atoms with van der Waals surface area (Å²) in [4.78, 5) is 53.5. The molecule has 1 heterocycles. The van der Waals surface area contributed by atoms with Crippen molar-refractivity contribution >= 4 is 56.2 Å². The lowest BCUT2D eigenvalue weighted by Crippen LogP contribution is -2.45. The number of esters is 1. The van der Waals surface area contributed by atoms with Crippen molar-refractivity contribution in [1.82, 2.24) is 14.1 Å². The number of hydrogen-bond donors (Lipinski definition) is 4. The van der Waals surface area contributed by atoms with Crippen LogP contribution in [0.5, 0.6) is 0 Å². The van der Waals surface area contributed by atoms with Crippen LogP contribution in [-0.2, 0) is 49.3 Å². The molecule has 0 bridgehead atoms. The summed E-state index contributed by atoms with van der Waals surface area (Å²) in [5.41, 5.74) is -2.26. The third-order valence-electron chi connectivity index (χ3n) is 4.30.